The van der Waals surface area contributed by atoms with E-state index in [1.807, 2.05) is 0 Å². The molecule has 0 aliphatic heterocycles. The molecule has 0 amide bonds. The fraction of sp³-hybridized carbons (Fsp3) is 1.00. The zero-order valence-corrected chi connectivity index (χ0v) is 9.85. The first kappa shape index (κ1) is 14.7. The smallest absolute Gasteiger partial charge is 0.369 e. The standard InChI is InChI=1S/C8H15F3N2O3S/c9-8(10,11)5-16-7-3-1-2-6(4-7)13-17(12,14)15/h6-7,13H,1-5H2,(H2,12,14,15). The topological polar surface area (TPSA) is 81.4 Å². The van der Waals surface area contributed by atoms with Gasteiger partial charge in [0.15, 0.2) is 0 Å². The second-order valence-corrected chi connectivity index (χ2v) is 5.40. The van der Waals surface area contributed by atoms with E-state index in [1.165, 1.54) is 0 Å². The van der Waals surface area contributed by atoms with Gasteiger partial charge in [-0.1, -0.05) is 0 Å². The van der Waals surface area contributed by atoms with Crippen molar-refractivity contribution in [2.24, 2.45) is 5.14 Å². The predicted molar refractivity (Wildman–Crippen MR) is 54.3 cm³/mol. The molecule has 2 unspecified atom stereocenters. The Hall–Kier alpha value is -0.380. The summed E-state index contributed by atoms with van der Waals surface area (Å²) in [6.45, 7) is -1.31. The molecule has 1 saturated carbocycles. The van der Waals surface area contributed by atoms with Crippen LogP contribution in [0.15, 0.2) is 0 Å². The second-order valence-electron chi connectivity index (χ2n) is 4.07. The molecule has 2 atom stereocenters. The van der Waals surface area contributed by atoms with Crippen LogP contribution in [-0.4, -0.2) is 33.3 Å². The summed E-state index contributed by atoms with van der Waals surface area (Å²) in [5.41, 5.74) is 0. The van der Waals surface area contributed by atoms with E-state index in [-0.39, 0.29) is 6.42 Å². The van der Waals surface area contributed by atoms with Crippen molar-refractivity contribution < 1.29 is 26.3 Å². The summed E-state index contributed by atoms with van der Waals surface area (Å²) in [6.07, 6.45) is -3.06. The lowest BCUT2D eigenvalue weighted by molar-refractivity contribution is -0.188. The Morgan fingerprint density at radius 1 is 1.35 bits per heavy atom. The van der Waals surface area contributed by atoms with Crippen molar-refractivity contribution in [2.75, 3.05) is 6.61 Å². The van der Waals surface area contributed by atoms with Gasteiger partial charge in [0.1, 0.15) is 6.61 Å². The Balaban J connectivity index is 2.39. The molecular formula is C8H15F3N2O3S. The van der Waals surface area contributed by atoms with Crippen LogP contribution < -0.4 is 9.86 Å². The van der Waals surface area contributed by atoms with E-state index in [9.17, 15) is 21.6 Å². The summed E-state index contributed by atoms with van der Waals surface area (Å²) in [6, 6.07) is -0.447. The molecule has 1 rings (SSSR count). The molecule has 17 heavy (non-hydrogen) atoms. The molecule has 0 aromatic carbocycles. The van der Waals surface area contributed by atoms with E-state index in [2.05, 4.69) is 4.72 Å². The summed E-state index contributed by atoms with van der Waals surface area (Å²) < 4.78 is 64.2. The molecule has 5 nitrogen and oxygen atoms in total. The fourth-order valence-electron chi connectivity index (χ4n) is 1.85. The van der Waals surface area contributed by atoms with Gasteiger partial charge in [0, 0.05) is 6.04 Å². The lowest BCUT2D eigenvalue weighted by Crippen LogP contribution is -2.43. The third-order valence-corrected chi connectivity index (χ3v) is 3.10. The Kier molecular flexibility index (Phi) is 4.76. The molecule has 9 heteroatoms. The molecule has 1 aliphatic rings. The number of halogens is 3. The first-order chi connectivity index (χ1) is 7.66. The monoisotopic (exact) mass is 276 g/mol. The molecule has 1 aliphatic carbocycles. The van der Waals surface area contributed by atoms with E-state index in [0.29, 0.717) is 19.3 Å². The highest BCUT2D eigenvalue weighted by molar-refractivity contribution is 7.87. The average molecular weight is 276 g/mol. The maximum absolute atomic E-state index is 11.9. The van der Waals surface area contributed by atoms with Crippen molar-refractivity contribution in [1.82, 2.24) is 4.72 Å². The lowest BCUT2D eigenvalue weighted by atomic mass is 9.93. The highest BCUT2D eigenvalue weighted by Gasteiger charge is 2.31. The number of nitrogens with one attached hydrogen (secondary N) is 1. The van der Waals surface area contributed by atoms with Crippen LogP contribution in [0.4, 0.5) is 13.2 Å². The quantitative estimate of drug-likeness (QED) is 0.791. The molecule has 0 bridgehead atoms. The molecule has 0 spiro atoms. The van der Waals surface area contributed by atoms with Crippen molar-refractivity contribution >= 4 is 10.2 Å². The predicted octanol–water partition coefficient (Wildman–Crippen LogP) is 0.670. The molecule has 102 valence electrons. The van der Waals surface area contributed by atoms with Gasteiger partial charge in [0.2, 0.25) is 0 Å². The van der Waals surface area contributed by atoms with E-state index >= 15 is 0 Å². The van der Waals surface area contributed by atoms with E-state index in [4.69, 9.17) is 9.88 Å². The van der Waals surface area contributed by atoms with E-state index in [0.717, 1.165) is 0 Å². The number of nitrogens with two attached hydrogens (primary N) is 1. The molecule has 1 fully saturated rings. The zero-order valence-electron chi connectivity index (χ0n) is 9.03. The summed E-state index contributed by atoms with van der Waals surface area (Å²) >= 11 is 0. The van der Waals surface area contributed by atoms with Crippen LogP contribution in [0.3, 0.4) is 0 Å². The summed E-state index contributed by atoms with van der Waals surface area (Å²) in [5.74, 6) is 0. The molecule has 0 aromatic rings. The largest absolute Gasteiger partial charge is 0.411 e. The minimum absolute atomic E-state index is 0.215. The Morgan fingerprint density at radius 2 is 2.00 bits per heavy atom. The molecule has 0 saturated heterocycles. The van der Waals surface area contributed by atoms with Gasteiger partial charge in [-0.2, -0.15) is 26.3 Å². The van der Waals surface area contributed by atoms with E-state index < -0.39 is 35.1 Å². The van der Waals surface area contributed by atoms with Crippen LogP contribution in [0.2, 0.25) is 0 Å². The van der Waals surface area contributed by atoms with Gasteiger partial charge < -0.3 is 4.74 Å². The van der Waals surface area contributed by atoms with Gasteiger partial charge >= 0.3 is 6.18 Å². The normalized spacial score (nSPS) is 27.1. The van der Waals surface area contributed by atoms with Crippen LogP contribution in [0.5, 0.6) is 0 Å². The SMILES string of the molecule is NS(=O)(=O)NC1CCCC(OCC(F)(F)F)C1. The number of hydrogen-bond donors (Lipinski definition) is 2. The highest BCUT2D eigenvalue weighted by Crippen LogP contribution is 2.24. The van der Waals surface area contributed by atoms with Crippen molar-refractivity contribution in [3.05, 3.63) is 0 Å². The third kappa shape index (κ3) is 6.81. The molecule has 0 radical (unpaired) electrons. The highest BCUT2D eigenvalue weighted by atomic mass is 32.2. The van der Waals surface area contributed by atoms with Crippen molar-refractivity contribution in [3.63, 3.8) is 0 Å². The van der Waals surface area contributed by atoms with Crippen LogP contribution in [0, 0.1) is 0 Å². The van der Waals surface area contributed by atoms with Crippen LogP contribution in [0.1, 0.15) is 25.7 Å². The van der Waals surface area contributed by atoms with Crippen molar-refractivity contribution in [1.29, 1.82) is 0 Å². The molecule has 3 N–H and O–H groups in total. The number of ether oxygens (including phenoxy) is 1. The third-order valence-electron chi connectivity index (χ3n) is 2.44. The zero-order chi connectivity index (χ0) is 13.1. The Bertz CT molecular complexity index is 344. The first-order valence-corrected chi connectivity index (χ1v) is 6.69. The molecule has 0 heterocycles. The average Bonchev–Trinajstić information content (AvgIpc) is 2.11. The lowest BCUT2D eigenvalue weighted by Gasteiger charge is -2.29. The van der Waals surface area contributed by atoms with Gasteiger partial charge in [-0.25, -0.2) is 5.14 Å². The van der Waals surface area contributed by atoms with Crippen LogP contribution >= 0.6 is 0 Å². The number of hydrogen-bond acceptors (Lipinski definition) is 3. The summed E-state index contributed by atoms with van der Waals surface area (Å²) in [4.78, 5) is 0. The van der Waals surface area contributed by atoms with Crippen LogP contribution in [0.25, 0.3) is 0 Å². The van der Waals surface area contributed by atoms with Crippen LogP contribution in [-0.2, 0) is 14.9 Å². The minimum Gasteiger partial charge on any atom is -0.369 e. The molecule has 0 aromatic heterocycles. The van der Waals surface area contributed by atoms with E-state index in [1.54, 1.807) is 0 Å². The van der Waals surface area contributed by atoms with Gasteiger partial charge in [0.05, 0.1) is 6.10 Å². The second kappa shape index (κ2) is 5.51. The van der Waals surface area contributed by atoms with Gasteiger partial charge in [-0.05, 0) is 25.7 Å². The Morgan fingerprint density at radius 3 is 2.53 bits per heavy atom. The van der Waals surface area contributed by atoms with Gasteiger partial charge in [-0.3, -0.25) is 0 Å². The summed E-state index contributed by atoms with van der Waals surface area (Å²) in [5, 5.41) is 4.80. The molecular weight excluding hydrogens is 261 g/mol. The fourth-order valence-corrected chi connectivity index (χ4v) is 2.53. The number of alkyl halides is 3. The minimum atomic E-state index is -4.36. The maximum Gasteiger partial charge on any atom is 0.411 e. The van der Waals surface area contributed by atoms with Gasteiger partial charge in [-0.15, -0.1) is 0 Å². The summed E-state index contributed by atoms with van der Waals surface area (Å²) in [7, 11) is -3.82. The maximum atomic E-state index is 11.9. The first-order valence-electron chi connectivity index (χ1n) is 5.14. The van der Waals surface area contributed by atoms with Crippen molar-refractivity contribution in [3.8, 4) is 0 Å². The number of rotatable bonds is 4. The van der Waals surface area contributed by atoms with Gasteiger partial charge in [0.25, 0.3) is 10.2 Å². The van der Waals surface area contributed by atoms with Crippen molar-refractivity contribution in [2.45, 2.75) is 44.0 Å². The Labute approximate surface area is 97.7 Å².